The Bertz CT molecular complexity index is 498. The number of hydrogen-bond donors (Lipinski definition) is 1. The number of carbonyl (C=O) groups is 1. The first kappa shape index (κ1) is 16.2. The number of carbonyl (C=O) groups excluding carboxylic acids is 1. The van der Waals surface area contributed by atoms with Crippen LogP contribution in [-0.2, 0) is 4.79 Å². The summed E-state index contributed by atoms with van der Waals surface area (Å²) in [7, 11) is 0. The molecular weight excluding hydrogens is 272 g/mol. The van der Waals surface area contributed by atoms with E-state index in [1.54, 1.807) is 0 Å². The lowest BCUT2D eigenvalue weighted by molar-refractivity contribution is -0.165. The van der Waals surface area contributed by atoms with Crippen LogP contribution in [0.3, 0.4) is 0 Å². The number of hydrogen-bond acceptors (Lipinski definition) is 2. The predicted octanol–water partition coefficient (Wildman–Crippen LogP) is 4.37. The van der Waals surface area contributed by atoms with Gasteiger partial charge in [-0.1, -0.05) is 33.8 Å². The van der Waals surface area contributed by atoms with Crippen LogP contribution in [-0.4, -0.2) is 17.0 Å². The Hall–Kier alpha value is -0.630. The zero-order chi connectivity index (χ0) is 16.3. The normalized spacial score (nSPS) is 55.2. The number of allylic oxidation sites excluding steroid dienone is 1. The molecule has 2 unspecified atom stereocenters. The molecule has 0 heterocycles. The second-order valence-electron chi connectivity index (χ2n) is 9.10. The molecule has 0 spiro atoms. The lowest BCUT2D eigenvalue weighted by atomic mass is 9.45. The fourth-order valence-corrected chi connectivity index (χ4v) is 6.19. The van der Waals surface area contributed by atoms with E-state index in [0.29, 0.717) is 17.6 Å². The molecule has 2 heteroatoms. The third-order valence-electron chi connectivity index (χ3n) is 8.22. The van der Waals surface area contributed by atoms with Crippen LogP contribution in [0.5, 0.6) is 0 Å². The first-order chi connectivity index (χ1) is 10.2. The molecule has 1 N–H and O–H groups in total. The minimum atomic E-state index is -0.417. The van der Waals surface area contributed by atoms with Gasteiger partial charge in [0.05, 0.1) is 6.10 Å². The molecular formula is C20H32O2. The van der Waals surface area contributed by atoms with Crippen molar-refractivity contribution in [3.63, 3.8) is 0 Å². The van der Waals surface area contributed by atoms with E-state index in [9.17, 15) is 9.90 Å². The van der Waals surface area contributed by atoms with Gasteiger partial charge in [-0.3, -0.25) is 4.79 Å². The van der Waals surface area contributed by atoms with Crippen LogP contribution in [0, 0.1) is 34.0 Å². The molecule has 2 bridgehead atoms. The Balaban J connectivity index is 2.14. The van der Waals surface area contributed by atoms with Gasteiger partial charge >= 0.3 is 0 Å². The van der Waals surface area contributed by atoms with Gasteiger partial charge in [-0.05, 0) is 54.8 Å². The van der Waals surface area contributed by atoms with Crippen molar-refractivity contribution in [1.29, 1.82) is 0 Å². The molecule has 2 nitrogen and oxygen atoms in total. The largest absolute Gasteiger partial charge is 0.392 e. The first-order valence-electron chi connectivity index (χ1n) is 9.04. The first-order valence-corrected chi connectivity index (χ1v) is 9.04. The fraction of sp³-hybridized carbons (Fsp3) is 0.850. The molecule has 0 aromatic rings. The van der Waals surface area contributed by atoms with Gasteiger partial charge in [0.2, 0.25) is 0 Å². The summed E-state index contributed by atoms with van der Waals surface area (Å²) >= 11 is 0. The Morgan fingerprint density at radius 1 is 1.18 bits per heavy atom. The Morgan fingerprint density at radius 3 is 2.50 bits per heavy atom. The van der Waals surface area contributed by atoms with Gasteiger partial charge in [-0.15, -0.1) is 6.58 Å². The van der Waals surface area contributed by atoms with Crippen LogP contribution in [0.25, 0.3) is 0 Å². The molecule has 3 fully saturated rings. The Labute approximate surface area is 135 Å². The highest BCUT2D eigenvalue weighted by Crippen LogP contribution is 2.66. The van der Waals surface area contributed by atoms with Gasteiger partial charge in [-0.2, -0.15) is 0 Å². The molecule has 0 aromatic heterocycles. The third kappa shape index (κ3) is 1.92. The molecule has 0 radical (unpaired) electrons. The summed E-state index contributed by atoms with van der Waals surface area (Å²) in [5.74, 6) is 1.36. The molecule has 0 aliphatic heterocycles. The minimum absolute atomic E-state index is 0.0403. The number of aliphatic hydroxyl groups excluding tert-OH is 1. The van der Waals surface area contributed by atoms with Crippen LogP contribution < -0.4 is 0 Å². The highest BCUT2D eigenvalue weighted by molar-refractivity contribution is 5.85. The maximum atomic E-state index is 12.8. The van der Waals surface area contributed by atoms with Crippen molar-refractivity contribution in [2.45, 2.75) is 72.3 Å². The topological polar surface area (TPSA) is 37.3 Å². The summed E-state index contributed by atoms with van der Waals surface area (Å²) in [6.45, 7) is 13.0. The zero-order valence-corrected chi connectivity index (χ0v) is 14.7. The molecule has 3 aliphatic rings. The quantitative estimate of drug-likeness (QED) is 0.730. The SMILES string of the molecule is C=C[C@]1(C)C[C@@H](O)[C@]2(C)C(C)CC[C@]3(CCC(=O)C32)C[C@@H]1C. The second-order valence-corrected chi connectivity index (χ2v) is 9.10. The number of ketones is 1. The van der Waals surface area contributed by atoms with E-state index in [0.717, 1.165) is 38.5 Å². The van der Waals surface area contributed by atoms with Crippen molar-refractivity contribution in [2.75, 3.05) is 0 Å². The number of aliphatic hydroxyl groups is 1. The summed E-state index contributed by atoms with van der Waals surface area (Å²) in [6, 6.07) is 0. The van der Waals surface area contributed by atoms with Crippen molar-refractivity contribution in [1.82, 2.24) is 0 Å². The molecule has 0 saturated heterocycles. The maximum absolute atomic E-state index is 12.8. The van der Waals surface area contributed by atoms with E-state index >= 15 is 0 Å². The van der Waals surface area contributed by atoms with Crippen molar-refractivity contribution >= 4 is 5.78 Å². The van der Waals surface area contributed by atoms with Crippen LogP contribution in [0.2, 0.25) is 0 Å². The minimum Gasteiger partial charge on any atom is -0.392 e. The molecule has 7 atom stereocenters. The van der Waals surface area contributed by atoms with Crippen LogP contribution in [0.4, 0.5) is 0 Å². The molecule has 0 aromatic carbocycles. The zero-order valence-electron chi connectivity index (χ0n) is 14.7. The number of rotatable bonds is 1. The van der Waals surface area contributed by atoms with E-state index in [1.807, 2.05) is 0 Å². The fourth-order valence-electron chi connectivity index (χ4n) is 6.19. The lowest BCUT2D eigenvalue weighted by Crippen LogP contribution is -2.58. The Kier molecular flexibility index (Phi) is 3.64. The van der Waals surface area contributed by atoms with Gasteiger partial charge in [0.15, 0.2) is 0 Å². The summed E-state index contributed by atoms with van der Waals surface area (Å²) < 4.78 is 0. The molecule has 22 heavy (non-hydrogen) atoms. The van der Waals surface area contributed by atoms with Gasteiger partial charge in [-0.25, -0.2) is 0 Å². The van der Waals surface area contributed by atoms with Gasteiger partial charge in [0.1, 0.15) is 5.78 Å². The molecule has 3 saturated carbocycles. The van der Waals surface area contributed by atoms with E-state index in [4.69, 9.17) is 0 Å². The van der Waals surface area contributed by atoms with Crippen LogP contribution in [0.1, 0.15) is 66.2 Å². The summed E-state index contributed by atoms with van der Waals surface area (Å²) in [4.78, 5) is 12.8. The molecule has 124 valence electrons. The summed E-state index contributed by atoms with van der Waals surface area (Å²) in [5.41, 5.74) is -0.180. The van der Waals surface area contributed by atoms with Gasteiger partial charge < -0.3 is 5.11 Å². The smallest absolute Gasteiger partial charge is 0.137 e. The van der Waals surface area contributed by atoms with Crippen molar-refractivity contribution < 1.29 is 9.90 Å². The average Bonchev–Trinajstić information content (AvgIpc) is 2.80. The summed E-state index contributed by atoms with van der Waals surface area (Å²) in [6.07, 6.45) is 7.54. The van der Waals surface area contributed by atoms with Crippen molar-refractivity contribution in [3.05, 3.63) is 12.7 Å². The highest BCUT2D eigenvalue weighted by atomic mass is 16.3. The predicted molar refractivity (Wildman–Crippen MR) is 89.4 cm³/mol. The third-order valence-corrected chi connectivity index (χ3v) is 8.22. The molecule has 3 aliphatic carbocycles. The molecule has 0 amide bonds. The van der Waals surface area contributed by atoms with E-state index in [-0.39, 0.29) is 22.2 Å². The maximum Gasteiger partial charge on any atom is 0.137 e. The second kappa shape index (κ2) is 4.93. The molecule has 3 rings (SSSR count). The van der Waals surface area contributed by atoms with Gasteiger partial charge in [0.25, 0.3) is 0 Å². The van der Waals surface area contributed by atoms with Crippen LogP contribution >= 0.6 is 0 Å². The van der Waals surface area contributed by atoms with E-state index < -0.39 is 6.10 Å². The monoisotopic (exact) mass is 304 g/mol. The summed E-state index contributed by atoms with van der Waals surface area (Å²) in [5, 5.41) is 11.2. The standard InChI is InChI=1S/C20H32O2/c1-6-18(4)12-16(22)19(5)13(2)7-9-20(11-14(18)3)10-8-15(21)17(19)20/h6,13-14,16-17,22H,1,7-12H2,2-5H3/t13?,14-,16+,17?,18+,19-,20-/m0/s1. The average molecular weight is 304 g/mol. The van der Waals surface area contributed by atoms with E-state index in [1.165, 1.54) is 0 Å². The van der Waals surface area contributed by atoms with Gasteiger partial charge in [0, 0.05) is 17.8 Å². The van der Waals surface area contributed by atoms with E-state index in [2.05, 4.69) is 40.3 Å². The highest BCUT2D eigenvalue weighted by Gasteiger charge is 2.64. The number of Topliss-reactive ketones (excluding diaryl/α,β-unsaturated/α-hetero) is 1. The van der Waals surface area contributed by atoms with Crippen molar-refractivity contribution in [3.8, 4) is 0 Å². The lowest BCUT2D eigenvalue weighted by Gasteiger charge is -2.59. The van der Waals surface area contributed by atoms with Crippen molar-refractivity contribution in [2.24, 2.45) is 34.0 Å². The Morgan fingerprint density at radius 2 is 1.86 bits per heavy atom. The van der Waals surface area contributed by atoms with Crippen LogP contribution in [0.15, 0.2) is 12.7 Å².